The van der Waals surface area contributed by atoms with Crippen molar-refractivity contribution >= 4 is 14.2 Å². The average molecular weight is 442 g/mol. The van der Waals surface area contributed by atoms with Crippen LogP contribution in [-0.2, 0) is 15.8 Å². The summed E-state index contributed by atoms with van der Waals surface area (Å²) in [4.78, 5) is 15.6. The molecule has 0 unspecified atom stereocenters. The molecule has 0 spiro atoms. The van der Waals surface area contributed by atoms with Gasteiger partial charge in [-0.1, -0.05) is 78.0 Å². The first-order chi connectivity index (χ1) is 14.7. The number of rotatable bonds is 9. The van der Waals surface area contributed by atoms with E-state index in [2.05, 4.69) is 77.3 Å². The number of likely N-dealkylation sites (tertiary alicyclic amines) is 1. The molecule has 1 aromatic rings. The lowest BCUT2D eigenvalue weighted by molar-refractivity contribution is -0.155. The van der Waals surface area contributed by atoms with E-state index in [4.69, 9.17) is 4.43 Å². The van der Waals surface area contributed by atoms with E-state index in [1.807, 2.05) is 12.1 Å². The van der Waals surface area contributed by atoms with Gasteiger partial charge in [-0.2, -0.15) is 0 Å². The Kier molecular flexibility index (Phi) is 7.53. The predicted octanol–water partition coefficient (Wildman–Crippen LogP) is 7.09. The maximum Gasteiger partial charge on any atom is 0.223 e. The van der Waals surface area contributed by atoms with Crippen LogP contribution in [0.15, 0.2) is 43.0 Å². The van der Waals surface area contributed by atoms with Crippen LogP contribution in [0, 0.1) is 5.92 Å². The molecule has 31 heavy (non-hydrogen) atoms. The zero-order valence-electron chi connectivity index (χ0n) is 20.6. The zero-order valence-corrected chi connectivity index (χ0v) is 21.6. The molecule has 1 heterocycles. The second-order valence-corrected chi connectivity index (χ2v) is 16.3. The number of carbonyl (C=O) groups excluding carboxylic acids is 1. The number of hydrogen-bond acceptors (Lipinski definition) is 2. The van der Waals surface area contributed by atoms with E-state index in [1.165, 1.54) is 5.56 Å². The van der Waals surface area contributed by atoms with Crippen LogP contribution in [0.1, 0.15) is 79.2 Å². The van der Waals surface area contributed by atoms with Crippen LogP contribution in [0.4, 0.5) is 0 Å². The minimum Gasteiger partial charge on any atom is -0.413 e. The van der Waals surface area contributed by atoms with Gasteiger partial charge in [0, 0.05) is 24.6 Å². The van der Waals surface area contributed by atoms with Crippen LogP contribution in [0.2, 0.25) is 16.6 Å². The monoisotopic (exact) mass is 441 g/mol. The van der Waals surface area contributed by atoms with Crippen LogP contribution < -0.4 is 0 Å². The summed E-state index contributed by atoms with van der Waals surface area (Å²) in [7, 11) is -1.96. The minimum atomic E-state index is -1.96. The summed E-state index contributed by atoms with van der Waals surface area (Å²) in [5.41, 5.74) is 2.82. The van der Waals surface area contributed by atoms with Gasteiger partial charge in [0.2, 0.25) is 14.2 Å². The molecule has 1 aromatic carbocycles. The predicted molar refractivity (Wildman–Crippen MR) is 132 cm³/mol. The van der Waals surface area contributed by atoms with E-state index in [-0.39, 0.29) is 11.6 Å². The lowest BCUT2D eigenvalue weighted by Crippen LogP contribution is -2.62. The SMILES string of the molecule is C=CC[C@@]12CC[C@@H](O[Si](C(C)C)(C(C)C)C(C)C)[C@@H](CC(=O)N1Cc1ccccc1)C2. The first-order valence-electron chi connectivity index (χ1n) is 12.3. The summed E-state index contributed by atoms with van der Waals surface area (Å²) in [6.07, 6.45) is 6.84. The molecule has 1 saturated carbocycles. The fourth-order valence-electron chi connectivity index (χ4n) is 6.83. The van der Waals surface area contributed by atoms with E-state index in [0.29, 0.717) is 41.4 Å². The highest BCUT2D eigenvalue weighted by Crippen LogP contribution is 2.50. The molecule has 172 valence electrons. The fraction of sp³-hybridized carbons (Fsp3) is 0.667. The van der Waals surface area contributed by atoms with E-state index in [1.54, 1.807) is 0 Å². The molecule has 3 atom stereocenters. The second kappa shape index (κ2) is 9.62. The number of nitrogens with zero attached hydrogens (tertiary/aromatic N) is 1. The van der Waals surface area contributed by atoms with Gasteiger partial charge >= 0.3 is 0 Å². The van der Waals surface area contributed by atoms with Gasteiger partial charge in [0.05, 0.1) is 0 Å². The highest BCUT2D eigenvalue weighted by molar-refractivity contribution is 6.77. The van der Waals surface area contributed by atoms with Gasteiger partial charge in [0.15, 0.2) is 0 Å². The van der Waals surface area contributed by atoms with Crippen LogP contribution in [0.25, 0.3) is 0 Å². The Labute approximate surface area is 191 Å². The Hall–Kier alpha value is -1.39. The number of hydrogen-bond donors (Lipinski definition) is 0. The van der Waals surface area contributed by atoms with Gasteiger partial charge in [0.25, 0.3) is 0 Å². The molecule has 3 rings (SSSR count). The minimum absolute atomic E-state index is 0.102. The number of benzene rings is 1. The van der Waals surface area contributed by atoms with Crippen molar-refractivity contribution in [3.8, 4) is 0 Å². The van der Waals surface area contributed by atoms with Gasteiger partial charge in [-0.05, 0) is 53.8 Å². The summed E-state index contributed by atoms with van der Waals surface area (Å²) in [5, 5.41) is 0. The molecule has 2 bridgehead atoms. The molecule has 1 amide bonds. The lowest BCUT2D eigenvalue weighted by atomic mass is 9.67. The normalized spacial score (nSPS) is 26.7. The van der Waals surface area contributed by atoms with Crippen molar-refractivity contribution in [2.24, 2.45) is 5.92 Å². The van der Waals surface area contributed by atoms with E-state index in [0.717, 1.165) is 25.7 Å². The van der Waals surface area contributed by atoms with E-state index < -0.39 is 8.32 Å². The van der Waals surface area contributed by atoms with Crippen LogP contribution in [-0.4, -0.2) is 30.8 Å². The third-order valence-corrected chi connectivity index (χ3v) is 14.3. The van der Waals surface area contributed by atoms with E-state index in [9.17, 15) is 4.79 Å². The Bertz CT molecular complexity index is 738. The molecule has 0 N–H and O–H groups in total. The van der Waals surface area contributed by atoms with Crippen molar-refractivity contribution in [3.63, 3.8) is 0 Å². The molecule has 2 aliphatic rings. The average Bonchev–Trinajstić information content (AvgIpc) is 2.71. The van der Waals surface area contributed by atoms with Crippen molar-refractivity contribution in [3.05, 3.63) is 48.6 Å². The van der Waals surface area contributed by atoms with Gasteiger partial charge in [-0.15, -0.1) is 6.58 Å². The Morgan fingerprint density at radius 1 is 1.13 bits per heavy atom. The van der Waals surface area contributed by atoms with Crippen molar-refractivity contribution in [2.45, 2.75) is 108 Å². The highest BCUT2D eigenvalue weighted by atomic mass is 28.4. The maximum atomic E-state index is 13.5. The molecule has 0 aromatic heterocycles. The number of piperidine rings is 1. The quantitative estimate of drug-likeness (QED) is 0.302. The Morgan fingerprint density at radius 3 is 2.29 bits per heavy atom. The molecule has 1 aliphatic carbocycles. The third-order valence-electron chi connectivity index (χ3n) is 8.14. The molecular weight excluding hydrogens is 398 g/mol. The smallest absolute Gasteiger partial charge is 0.223 e. The molecule has 2 fully saturated rings. The summed E-state index contributed by atoms with van der Waals surface area (Å²) >= 11 is 0. The summed E-state index contributed by atoms with van der Waals surface area (Å²) < 4.78 is 7.22. The molecule has 3 nitrogen and oxygen atoms in total. The molecule has 1 saturated heterocycles. The molecule has 0 radical (unpaired) electrons. The largest absolute Gasteiger partial charge is 0.413 e. The molecule has 1 aliphatic heterocycles. The zero-order chi connectivity index (χ0) is 22.8. The molecular formula is C27H43NO2Si. The van der Waals surface area contributed by atoms with Crippen molar-refractivity contribution < 1.29 is 9.22 Å². The van der Waals surface area contributed by atoms with Crippen molar-refractivity contribution in [2.75, 3.05) is 0 Å². The summed E-state index contributed by atoms with van der Waals surface area (Å²) in [6, 6.07) is 10.4. The summed E-state index contributed by atoms with van der Waals surface area (Å²) in [5.74, 6) is 0.623. The fourth-order valence-corrected chi connectivity index (χ4v) is 12.5. The van der Waals surface area contributed by atoms with Gasteiger partial charge in [-0.3, -0.25) is 4.79 Å². The topological polar surface area (TPSA) is 29.5 Å². The summed E-state index contributed by atoms with van der Waals surface area (Å²) in [6.45, 7) is 18.9. The number of fused-ring (bicyclic) bond motifs is 2. The molecule has 4 heteroatoms. The van der Waals surface area contributed by atoms with Crippen LogP contribution >= 0.6 is 0 Å². The first-order valence-corrected chi connectivity index (χ1v) is 14.4. The maximum absolute atomic E-state index is 13.5. The van der Waals surface area contributed by atoms with Crippen molar-refractivity contribution in [1.82, 2.24) is 4.90 Å². The first kappa shape index (κ1) is 24.3. The number of carbonyl (C=O) groups is 1. The van der Waals surface area contributed by atoms with Gasteiger partial charge < -0.3 is 9.33 Å². The van der Waals surface area contributed by atoms with Gasteiger partial charge in [0.1, 0.15) is 0 Å². The van der Waals surface area contributed by atoms with Crippen LogP contribution in [0.3, 0.4) is 0 Å². The Balaban J connectivity index is 1.86. The second-order valence-electron chi connectivity index (χ2n) is 10.9. The van der Waals surface area contributed by atoms with E-state index >= 15 is 0 Å². The number of amides is 1. The Morgan fingerprint density at radius 2 is 1.74 bits per heavy atom. The van der Waals surface area contributed by atoms with Crippen LogP contribution in [0.5, 0.6) is 0 Å². The van der Waals surface area contributed by atoms with Crippen molar-refractivity contribution in [1.29, 1.82) is 0 Å². The highest BCUT2D eigenvalue weighted by Gasteiger charge is 2.54. The standard InChI is InChI=1S/C27H43NO2Si/c1-8-15-27-16-14-25(30-31(20(2)3,21(4)5)22(6)7)24(18-27)17-26(29)28(27)19-23-12-10-9-11-13-23/h8-13,20-22,24-25H,1,14-19H2,2-7H3/t24-,25+,27-/m0/s1. The van der Waals surface area contributed by atoms with Gasteiger partial charge in [-0.25, -0.2) is 0 Å². The third kappa shape index (κ3) is 4.56. The lowest BCUT2D eigenvalue weighted by Gasteiger charge is -2.56.